The number of aliphatic hydroxyl groups excluding tert-OH is 1. The number of aliphatic carboxylic acids is 5. The van der Waals surface area contributed by atoms with Crippen LogP contribution in [0.15, 0.2) is 60.9 Å². The number of carboxylic acids is 5. The zero-order valence-corrected chi connectivity index (χ0v) is 65.3. The van der Waals surface area contributed by atoms with E-state index in [0.29, 0.717) is 32.9 Å². The van der Waals surface area contributed by atoms with Gasteiger partial charge in [-0.1, -0.05) is 36.4 Å². The minimum Gasteiger partial charge on any atom is -0.481 e. The van der Waals surface area contributed by atoms with Crippen LogP contribution in [0.1, 0.15) is 102 Å². The fraction of sp³-hybridized carbons (Fsp3) is 0.486. The number of benzene rings is 2. The van der Waals surface area contributed by atoms with Crippen molar-refractivity contribution in [1.29, 1.82) is 5.41 Å². The first-order valence-electron chi connectivity index (χ1n) is 36.5. The molecule has 0 aliphatic carbocycles. The summed E-state index contributed by atoms with van der Waals surface area (Å²) in [7, 11) is 0. The smallest absolute Gasteiger partial charge is 0.326 e. The third-order valence-corrected chi connectivity index (χ3v) is 18.4. The van der Waals surface area contributed by atoms with Crippen LogP contribution in [0.4, 0.5) is 0 Å². The van der Waals surface area contributed by atoms with E-state index in [1.165, 1.54) is 12.4 Å². The molecule has 646 valence electrons. The molecule has 14 atom stereocenters. The lowest BCUT2D eigenvalue weighted by Crippen LogP contribution is -2.62. The van der Waals surface area contributed by atoms with E-state index in [1.807, 2.05) is 0 Å². The summed E-state index contributed by atoms with van der Waals surface area (Å²) in [5.74, 6) is -27.3. The van der Waals surface area contributed by atoms with Crippen LogP contribution >= 0.6 is 25.3 Å². The summed E-state index contributed by atoms with van der Waals surface area (Å²) in [5, 5.41) is 97.5. The van der Waals surface area contributed by atoms with E-state index >= 15 is 0 Å². The highest BCUT2D eigenvalue weighted by Crippen LogP contribution is 2.22. The van der Waals surface area contributed by atoms with Crippen LogP contribution in [0.3, 0.4) is 0 Å². The fourth-order valence-electron chi connectivity index (χ4n) is 11.6. The van der Waals surface area contributed by atoms with Gasteiger partial charge in [0.15, 0.2) is 5.96 Å². The maximum absolute atomic E-state index is 14.5. The highest BCUT2D eigenvalue weighted by atomic mass is 32.1. The summed E-state index contributed by atoms with van der Waals surface area (Å²) < 4.78 is 0. The Balaban J connectivity index is 1.54. The number of guanidine groups is 1. The number of nitrogens with one attached hydrogen (secondary N) is 16. The Kier molecular flexibility index (Phi) is 40.2. The topological polar surface area (TPSA) is 788 Å². The van der Waals surface area contributed by atoms with Gasteiger partial charge < -0.3 is 138 Å². The third kappa shape index (κ3) is 32.9. The first-order chi connectivity index (χ1) is 55.7. The summed E-state index contributed by atoms with van der Waals surface area (Å²) in [4.78, 5) is 259. The average Bonchev–Trinajstić information content (AvgIpc) is 1.66. The van der Waals surface area contributed by atoms with Crippen LogP contribution in [0, 0.1) is 5.41 Å². The number of aliphatic hydroxyl groups is 1. The lowest BCUT2D eigenvalue weighted by Gasteiger charge is -2.28. The Morgan fingerprint density at radius 2 is 0.746 bits per heavy atom. The number of H-pyrrole nitrogens is 2. The predicted molar refractivity (Wildman–Crippen MR) is 420 cm³/mol. The normalized spacial score (nSPS) is 14.6. The number of unbranched alkanes of at least 4 members (excludes halogenated alkanes) is 1. The van der Waals surface area contributed by atoms with Gasteiger partial charge in [0.05, 0.1) is 37.8 Å². The van der Waals surface area contributed by atoms with Crippen LogP contribution in [-0.2, 0) is 104 Å². The van der Waals surface area contributed by atoms with Gasteiger partial charge in [-0.05, 0) is 81.7 Å². The maximum atomic E-state index is 14.5. The molecule has 118 heavy (non-hydrogen) atoms. The van der Waals surface area contributed by atoms with Crippen molar-refractivity contribution in [3.05, 3.63) is 72.1 Å². The number of amides is 14. The summed E-state index contributed by atoms with van der Waals surface area (Å²) >= 11 is 8.26. The molecular formula is C70H99N21O25S2. The number of primary amides is 2. The van der Waals surface area contributed by atoms with Crippen molar-refractivity contribution in [1.82, 2.24) is 79.1 Å². The summed E-state index contributed by atoms with van der Waals surface area (Å²) in [5.41, 5.74) is 30.0. The van der Waals surface area contributed by atoms with Crippen molar-refractivity contribution in [2.24, 2.45) is 28.7 Å². The second kappa shape index (κ2) is 48.6. The molecule has 4 aromatic rings. The van der Waals surface area contributed by atoms with Crippen LogP contribution in [0.25, 0.3) is 21.8 Å². The molecule has 0 aliphatic rings. The number of carbonyl (C=O) groups is 19. The molecule has 0 spiro atoms. The number of thiol groups is 2. The molecular weight excluding hydrogens is 1600 g/mol. The van der Waals surface area contributed by atoms with Gasteiger partial charge in [-0.15, -0.1) is 0 Å². The minimum absolute atomic E-state index is 0.0483. The molecule has 0 radical (unpaired) electrons. The number of fused-ring (bicyclic) bond motifs is 2. The number of nitrogens with two attached hydrogens (primary N) is 5. The largest absolute Gasteiger partial charge is 0.481 e. The monoisotopic (exact) mass is 1700 g/mol. The molecule has 4 rings (SSSR count). The predicted octanol–water partition coefficient (Wildman–Crippen LogP) is -8.27. The highest BCUT2D eigenvalue weighted by Gasteiger charge is 2.40. The molecule has 14 amide bonds. The van der Waals surface area contributed by atoms with E-state index in [0.717, 1.165) is 6.92 Å². The second-order valence-electron chi connectivity index (χ2n) is 27.0. The van der Waals surface area contributed by atoms with Gasteiger partial charge in [0.2, 0.25) is 82.7 Å². The van der Waals surface area contributed by atoms with E-state index in [1.54, 1.807) is 48.5 Å². The standard InChI is InChI=1S/C70H99N21O25S2/c1-31(92)56(91-61(107)42(16-18-53(97)98)83-62(108)43(84-57(103)36(72)23-54(99)100)21-32-27-78-37-11-4-2-9-34(32)37)68(114)90-49(30-118)67(113)86-44(24-50(73)93)63(109)85-45(25-51(74)94)64(110)89-48(29-117)66(112)81-40(14-8-20-77-70(75)76)59(105)80-39(13-6-7-19-71)58(104)82-41(15-17-52(95)96)60(106)87-46(26-55(101)102)65(111)88-47(69(115)116)22-33-28-79-38-12-5-3-10-35(33)38/h2-5,9-12,27-28,31,36,39-49,56,78-79,92,117-118H,6-8,13-26,29-30,71-72H2,1H3,(H2,73,93)(H2,74,94)(H,80,105)(H,81,112)(H,82,104)(H,83,108)(H,84,103)(H,85,109)(H,86,113)(H,87,106)(H,88,111)(H,89,110)(H,90,114)(H,91,107)(H,95,96)(H,97,98)(H,99,100)(H,101,102)(H,115,116)(H4,75,76,77)/t31-,36+,39+,40+,41+,42+,43+,44+,45+,46+,47+,48+,49+,56+/m1/s1. The molecule has 48 heteroatoms. The van der Waals surface area contributed by atoms with E-state index in [9.17, 15) is 122 Å². The van der Waals surface area contributed by atoms with E-state index < -0.39 is 266 Å². The van der Waals surface area contributed by atoms with Crippen molar-refractivity contribution in [3.8, 4) is 0 Å². The number of rotatable bonds is 54. The van der Waals surface area contributed by atoms with Crippen LogP contribution in [0.5, 0.6) is 0 Å². The summed E-state index contributed by atoms with van der Waals surface area (Å²) in [6, 6.07) is -10.7. The Morgan fingerprint density at radius 3 is 1.14 bits per heavy atom. The van der Waals surface area contributed by atoms with Crippen molar-refractivity contribution in [2.75, 3.05) is 24.6 Å². The zero-order valence-electron chi connectivity index (χ0n) is 63.5. The molecule has 0 saturated carbocycles. The Morgan fingerprint density at radius 1 is 0.407 bits per heavy atom. The van der Waals surface area contributed by atoms with Crippen LogP contribution < -0.4 is 97.8 Å². The number of hydrogen-bond donors (Lipinski definition) is 29. The van der Waals surface area contributed by atoms with Gasteiger partial charge in [-0.25, -0.2) is 4.79 Å². The lowest BCUT2D eigenvalue weighted by atomic mass is 10.0. The Hall–Kier alpha value is -12.7. The summed E-state index contributed by atoms with van der Waals surface area (Å²) in [6.45, 7) is 0.922. The quantitative estimate of drug-likeness (QED) is 0.00845. The molecule has 46 nitrogen and oxygen atoms in total. The Labute approximate surface area is 682 Å². The number of hydrogen-bond acceptors (Lipinski definition) is 25. The second-order valence-corrected chi connectivity index (χ2v) is 27.7. The molecule has 32 N–H and O–H groups in total. The van der Waals surface area contributed by atoms with Gasteiger partial charge >= 0.3 is 29.8 Å². The molecule has 2 aromatic carbocycles. The van der Waals surface area contributed by atoms with Crippen molar-refractivity contribution in [3.63, 3.8) is 0 Å². The molecule has 0 saturated heterocycles. The fourth-order valence-corrected chi connectivity index (χ4v) is 12.1. The number of carboxylic acid groups (broad SMARTS) is 5. The van der Waals surface area contributed by atoms with Gasteiger partial charge in [0.25, 0.3) is 0 Å². The third-order valence-electron chi connectivity index (χ3n) is 17.7. The van der Waals surface area contributed by atoms with Gasteiger partial charge in [0, 0.05) is 77.9 Å². The molecule has 0 unspecified atom stereocenters. The Bertz CT molecular complexity index is 4310. The lowest BCUT2D eigenvalue weighted by molar-refractivity contribution is -0.144. The number of aromatic amines is 2. The summed E-state index contributed by atoms with van der Waals surface area (Å²) in [6.07, 6.45) is -7.17. The van der Waals surface area contributed by atoms with E-state index in [2.05, 4.69) is 104 Å². The van der Waals surface area contributed by atoms with Crippen LogP contribution in [0.2, 0.25) is 0 Å². The molecule has 0 fully saturated rings. The number of carbonyl (C=O) groups excluding carboxylic acids is 14. The van der Waals surface area contributed by atoms with E-state index in [4.69, 9.17) is 34.1 Å². The van der Waals surface area contributed by atoms with Gasteiger partial charge in [-0.3, -0.25) is 91.7 Å². The number of aromatic nitrogens is 2. The molecule has 2 heterocycles. The first-order valence-corrected chi connectivity index (χ1v) is 37.8. The average molecular weight is 1700 g/mol. The van der Waals surface area contributed by atoms with Crippen LogP contribution in [-0.4, -0.2) is 268 Å². The van der Waals surface area contributed by atoms with Crippen molar-refractivity contribution < 1.29 is 122 Å². The maximum Gasteiger partial charge on any atom is 0.326 e. The minimum atomic E-state index is -2.11. The van der Waals surface area contributed by atoms with Gasteiger partial charge in [-0.2, -0.15) is 25.3 Å². The molecule has 0 bridgehead atoms. The first kappa shape index (κ1) is 97.7. The van der Waals surface area contributed by atoms with Crippen molar-refractivity contribution >= 4 is 166 Å². The molecule has 2 aromatic heterocycles. The van der Waals surface area contributed by atoms with Crippen molar-refractivity contribution in [2.45, 2.75) is 188 Å². The SMILES string of the molecule is C[C@@H](O)[C@H](NC(=O)[C@H](CCC(=O)O)NC(=O)[C@H](Cc1c[nH]c2ccccc12)NC(=O)[C@@H](N)CC(=O)O)C(=O)N[C@@H](CS)C(=O)N[C@@H](CC(N)=O)C(=O)N[C@@H](CC(N)=O)C(=O)N[C@@H](CS)C(=O)N[C@@H](CCCNC(=N)N)C(=O)N[C@@H](CCCCN)C(=O)N[C@@H](CCC(=O)O)C(=O)N[C@@H](CC(=O)O)C(=O)N[C@@H](Cc1c[nH]c2ccccc12)C(=O)O. The highest BCUT2D eigenvalue weighted by molar-refractivity contribution is 7.80. The van der Waals surface area contributed by atoms with Gasteiger partial charge in [0.1, 0.15) is 72.5 Å². The van der Waals surface area contributed by atoms with E-state index in [-0.39, 0.29) is 58.0 Å². The number of para-hydroxylation sites is 2. The zero-order chi connectivity index (χ0) is 88.2. The molecule has 0 aliphatic heterocycles.